The maximum absolute atomic E-state index is 11.7. The van der Waals surface area contributed by atoms with Gasteiger partial charge in [-0.25, -0.2) is 4.79 Å². The van der Waals surface area contributed by atoms with Gasteiger partial charge in [-0.2, -0.15) is 5.10 Å². The first-order chi connectivity index (χ1) is 8.58. The summed E-state index contributed by atoms with van der Waals surface area (Å²) in [7, 11) is 1.36. The number of amides is 1. The van der Waals surface area contributed by atoms with E-state index in [0.717, 1.165) is 9.13 Å². The Kier molecular flexibility index (Phi) is 3.09. The molecule has 8 nitrogen and oxygen atoms in total. The molecule has 0 fully saturated rings. The third-order valence-electron chi connectivity index (χ3n) is 2.35. The Hall–Kier alpha value is -2.64. The third kappa shape index (κ3) is 2.37. The van der Waals surface area contributed by atoms with Gasteiger partial charge in [0.1, 0.15) is 12.4 Å². The number of nitrogens with zero attached hydrogens (tertiary/aromatic N) is 3. The van der Waals surface area contributed by atoms with Crippen molar-refractivity contribution in [2.45, 2.75) is 6.54 Å². The lowest BCUT2D eigenvalue weighted by molar-refractivity contribution is -0.116. The quantitative estimate of drug-likeness (QED) is 0.721. The van der Waals surface area contributed by atoms with Crippen LogP contribution in [0.4, 0.5) is 5.82 Å². The van der Waals surface area contributed by atoms with Gasteiger partial charge < -0.3 is 5.32 Å². The van der Waals surface area contributed by atoms with E-state index in [4.69, 9.17) is 0 Å². The van der Waals surface area contributed by atoms with Crippen molar-refractivity contribution < 1.29 is 4.79 Å². The lowest BCUT2D eigenvalue weighted by atomic mass is 10.5. The lowest BCUT2D eigenvalue weighted by Crippen LogP contribution is -2.38. The minimum absolute atomic E-state index is 0.175. The molecule has 0 aliphatic carbocycles. The van der Waals surface area contributed by atoms with Crippen molar-refractivity contribution in [3.63, 3.8) is 0 Å². The normalized spacial score (nSPS) is 10.3. The Morgan fingerprint density at radius 2 is 2.22 bits per heavy atom. The van der Waals surface area contributed by atoms with Gasteiger partial charge in [0.15, 0.2) is 0 Å². The molecule has 2 aromatic rings. The number of H-pyrrole nitrogens is 1. The predicted octanol–water partition coefficient (Wildman–Crippen LogP) is -1.09. The van der Waals surface area contributed by atoms with Crippen LogP contribution < -0.4 is 16.6 Å². The van der Waals surface area contributed by atoms with Crippen molar-refractivity contribution >= 4 is 11.7 Å². The SMILES string of the molecule is Cn1c(=O)ccn(CC(=O)Nc2ccn[nH]2)c1=O. The van der Waals surface area contributed by atoms with Crippen LogP contribution in [0, 0.1) is 0 Å². The highest BCUT2D eigenvalue weighted by atomic mass is 16.2. The van der Waals surface area contributed by atoms with Crippen LogP contribution in [0.5, 0.6) is 0 Å². The first-order valence-corrected chi connectivity index (χ1v) is 5.13. The summed E-state index contributed by atoms with van der Waals surface area (Å²) < 4.78 is 2.08. The number of hydrogen-bond acceptors (Lipinski definition) is 4. The average molecular weight is 249 g/mol. The maximum atomic E-state index is 11.7. The highest BCUT2D eigenvalue weighted by molar-refractivity contribution is 5.89. The van der Waals surface area contributed by atoms with E-state index in [-0.39, 0.29) is 12.5 Å². The molecule has 18 heavy (non-hydrogen) atoms. The van der Waals surface area contributed by atoms with Crippen LogP contribution in [0.25, 0.3) is 0 Å². The predicted molar refractivity (Wildman–Crippen MR) is 63.2 cm³/mol. The van der Waals surface area contributed by atoms with Gasteiger partial charge in [-0.05, 0) is 0 Å². The van der Waals surface area contributed by atoms with Crippen molar-refractivity contribution in [1.29, 1.82) is 0 Å². The molecule has 2 rings (SSSR count). The summed E-state index contributed by atoms with van der Waals surface area (Å²) in [5, 5.41) is 8.76. The van der Waals surface area contributed by atoms with Crippen LogP contribution >= 0.6 is 0 Å². The molecule has 0 radical (unpaired) electrons. The summed E-state index contributed by atoms with van der Waals surface area (Å²) in [6.45, 7) is -0.175. The second kappa shape index (κ2) is 4.70. The number of rotatable bonds is 3. The minimum Gasteiger partial charge on any atom is -0.310 e. The molecule has 1 amide bonds. The average Bonchev–Trinajstić information content (AvgIpc) is 2.83. The molecular formula is C10H11N5O3. The molecular weight excluding hydrogens is 238 g/mol. The number of aromatic nitrogens is 4. The van der Waals surface area contributed by atoms with Gasteiger partial charge in [-0.15, -0.1) is 0 Å². The number of anilines is 1. The standard InChI is InChI=1S/C10H11N5O3/c1-14-9(17)3-5-15(10(14)18)6-8(16)12-7-2-4-11-13-7/h2-5H,6H2,1H3,(H2,11,12,13,16). The van der Waals surface area contributed by atoms with Gasteiger partial charge in [0.05, 0.1) is 6.20 Å². The van der Waals surface area contributed by atoms with Gasteiger partial charge in [0.2, 0.25) is 5.91 Å². The molecule has 2 N–H and O–H groups in total. The van der Waals surface area contributed by atoms with E-state index in [1.807, 2.05) is 0 Å². The van der Waals surface area contributed by atoms with Crippen molar-refractivity contribution in [2.24, 2.45) is 7.05 Å². The van der Waals surface area contributed by atoms with Crippen LogP contribution in [-0.4, -0.2) is 25.2 Å². The highest BCUT2D eigenvalue weighted by Crippen LogP contribution is 1.98. The molecule has 8 heteroatoms. The Balaban J connectivity index is 2.15. The summed E-state index contributed by atoms with van der Waals surface area (Å²) >= 11 is 0. The van der Waals surface area contributed by atoms with E-state index >= 15 is 0 Å². The molecule has 0 spiro atoms. The zero-order chi connectivity index (χ0) is 13.1. The van der Waals surface area contributed by atoms with E-state index < -0.39 is 11.2 Å². The number of carbonyl (C=O) groups excluding carboxylic acids is 1. The number of hydrogen-bond donors (Lipinski definition) is 2. The molecule has 2 heterocycles. The molecule has 0 aromatic carbocycles. The molecule has 0 bridgehead atoms. The molecule has 94 valence electrons. The van der Waals surface area contributed by atoms with E-state index in [0.29, 0.717) is 5.82 Å². The number of nitrogens with one attached hydrogen (secondary N) is 2. The maximum Gasteiger partial charge on any atom is 0.331 e. The zero-order valence-electron chi connectivity index (χ0n) is 9.58. The smallest absolute Gasteiger partial charge is 0.310 e. The van der Waals surface area contributed by atoms with E-state index in [1.54, 1.807) is 6.07 Å². The van der Waals surface area contributed by atoms with E-state index in [1.165, 1.54) is 25.5 Å². The summed E-state index contributed by atoms with van der Waals surface area (Å²) in [4.78, 5) is 34.4. The van der Waals surface area contributed by atoms with Crippen LogP contribution in [0.1, 0.15) is 0 Å². The zero-order valence-corrected chi connectivity index (χ0v) is 9.58. The Labute approximate surface area is 101 Å². The summed E-state index contributed by atoms with van der Waals surface area (Å²) in [6, 6.07) is 2.81. The summed E-state index contributed by atoms with van der Waals surface area (Å²) in [5.41, 5.74) is -0.951. The molecule has 0 saturated carbocycles. The monoisotopic (exact) mass is 249 g/mol. The van der Waals surface area contributed by atoms with Gasteiger partial charge in [0.25, 0.3) is 5.56 Å². The fraction of sp³-hybridized carbons (Fsp3) is 0.200. The first-order valence-electron chi connectivity index (χ1n) is 5.13. The fourth-order valence-corrected chi connectivity index (χ4v) is 1.41. The second-order valence-electron chi connectivity index (χ2n) is 3.64. The van der Waals surface area contributed by atoms with Crippen molar-refractivity contribution in [1.82, 2.24) is 19.3 Å². The van der Waals surface area contributed by atoms with E-state index in [9.17, 15) is 14.4 Å². The van der Waals surface area contributed by atoms with Crippen LogP contribution in [0.2, 0.25) is 0 Å². The first kappa shape index (κ1) is 11.8. The number of aromatic amines is 1. The highest BCUT2D eigenvalue weighted by Gasteiger charge is 2.07. The summed E-state index contributed by atoms with van der Waals surface area (Å²) in [6.07, 6.45) is 2.78. The minimum atomic E-state index is -0.540. The number of carbonyl (C=O) groups is 1. The van der Waals surface area contributed by atoms with E-state index in [2.05, 4.69) is 15.5 Å². The van der Waals surface area contributed by atoms with Gasteiger partial charge in [-0.3, -0.25) is 23.8 Å². The second-order valence-corrected chi connectivity index (χ2v) is 3.64. The summed E-state index contributed by atoms with van der Waals surface area (Å²) in [5.74, 6) is 0.0536. The molecule has 0 aliphatic rings. The largest absolute Gasteiger partial charge is 0.331 e. The van der Waals surface area contributed by atoms with Crippen LogP contribution in [0.15, 0.2) is 34.1 Å². The molecule has 0 unspecified atom stereocenters. The topological polar surface area (TPSA) is 102 Å². The Bertz CT molecular complexity index is 668. The molecule has 0 saturated heterocycles. The van der Waals surface area contributed by atoms with Crippen LogP contribution in [-0.2, 0) is 18.4 Å². The molecule has 0 aliphatic heterocycles. The molecule has 0 atom stereocenters. The van der Waals surface area contributed by atoms with Crippen molar-refractivity contribution in [2.75, 3.05) is 5.32 Å². The van der Waals surface area contributed by atoms with Crippen molar-refractivity contribution in [3.05, 3.63) is 45.4 Å². The van der Waals surface area contributed by atoms with Gasteiger partial charge >= 0.3 is 5.69 Å². The van der Waals surface area contributed by atoms with Crippen molar-refractivity contribution in [3.8, 4) is 0 Å². The Morgan fingerprint density at radius 3 is 2.89 bits per heavy atom. The molecule has 2 aromatic heterocycles. The lowest BCUT2D eigenvalue weighted by Gasteiger charge is -2.06. The van der Waals surface area contributed by atoms with Gasteiger partial charge in [-0.1, -0.05) is 0 Å². The van der Waals surface area contributed by atoms with Gasteiger partial charge in [0, 0.05) is 25.4 Å². The van der Waals surface area contributed by atoms with Crippen LogP contribution in [0.3, 0.4) is 0 Å². The third-order valence-corrected chi connectivity index (χ3v) is 2.35. The fourth-order valence-electron chi connectivity index (χ4n) is 1.41. The Morgan fingerprint density at radius 1 is 1.44 bits per heavy atom.